The molecule has 9 heteroatoms. The lowest BCUT2D eigenvalue weighted by Crippen LogP contribution is -2.49. The third-order valence-corrected chi connectivity index (χ3v) is 7.94. The van der Waals surface area contributed by atoms with Crippen molar-refractivity contribution in [3.05, 3.63) is 56.2 Å². The standard InChI is InChI=1S/C25H29N5O3S/c1-16(2)22-26-23(21-19-9-4-3-5-10-20(19)34-24(21)27-22)28-11-13-29(14-12-28)25(31)17-7-6-8-18(15-17)30(32)33/h6-8,15-16H,3-5,9-14H2,1-2H3. The number of carbonyl (C=O) groups excluding carboxylic acids is 1. The molecular weight excluding hydrogens is 450 g/mol. The highest BCUT2D eigenvalue weighted by Gasteiger charge is 2.28. The Morgan fingerprint density at radius 3 is 2.59 bits per heavy atom. The molecule has 2 aromatic heterocycles. The maximum absolute atomic E-state index is 13.0. The van der Waals surface area contributed by atoms with E-state index in [1.165, 1.54) is 47.2 Å². The van der Waals surface area contributed by atoms with Crippen LogP contribution >= 0.6 is 11.3 Å². The number of rotatable bonds is 4. The van der Waals surface area contributed by atoms with Crippen LogP contribution in [0.1, 0.15) is 65.7 Å². The van der Waals surface area contributed by atoms with Gasteiger partial charge in [0.1, 0.15) is 16.5 Å². The van der Waals surface area contributed by atoms with Crippen molar-refractivity contribution in [2.24, 2.45) is 0 Å². The van der Waals surface area contributed by atoms with Gasteiger partial charge in [-0.3, -0.25) is 14.9 Å². The first kappa shape index (κ1) is 22.7. The summed E-state index contributed by atoms with van der Waals surface area (Å²) >= 11 is 1.83. The number of nitro groups is 1. The minimum atomic E-state index is -0.467. The zero-order valence-corrected chi connectivity index (χ0v) is 20.4. The summed E-state index contributed by atoms with van der Waals surface area (Å²) in [6, 6.07) is 5.98. The molecule has 0 N–H and O–H groups in total. The number of nitro benzene ring substituents is 1. The van der Waals surface area contributed by atoms with E-state index in [1.807, 2.05) is 11.3 Å². The van der Waals surface area contributed by atoms with E-state index >= 15 is 0 Å². The second-order valence-electron chi connectivity index (χ2n) is 9.39. The average Bonchev–Trinajstić information content (AvgIpc) is 3.04. The highest BCUT2D eigenvalue weighted by molar-refractivity contribution is 7.19. The molecule has 1 saturated heterocycles. The van der Waals surface area contributed by atoms with E-state index in [-0.39, 0.29) is 17.5 Å². The topological polar surface area (TPSA) is 92.5 Å². The van der Waals surface area contributed by atoms with Gasteiger partial charge in [-0.2, -0.15) is 0 Å². The molecule has 0 spiro atoms. The summed E-state index contributed by atoms with van der Waals surface area (Å²) in [7, 11) is 0. The van der Waals surface area contributed by atoms with Crippen LogP contribution in [-0.2, 0) is 12.8 Å². The highest BCUT2D eigenvalue weighted by Crippen LogP contribution is 2.40. The molecule has 5 rings (SSSR count). The van der Waals surface area contributed by atoms with Gasteiger partial charge >= 0.3 is 0 Å². The molecule has 1 aromatic carbocycles. The molecule has 0 unspecified atom stereocenters. The second kappa shape index (κ2) is 9.29. The molecule has 34 heavy (non-hydrogen) atoms. The van der Waals surface area contributed by atoms with Crippen molar-refractivity contribution in [2.75, 3.05) is 31.1 Å². The van der Waals surface area contributed by atoms with E-state index in [0.717, 1.165) is 29.3 Å². The van der Waals surface area contributed by atoms with Gasteiger partial charge in [0, 0.05) is 54.7 Å². The van der Waals surface area contributed by atoms with Gasteiger partial charge in [0.25, 0.3) is 11.6 Å². The van der Waals surface area contributed by atoms with Crippen molar-refractivity contribution in [3.8, 4) is 0 Å². The number of benzene rings is 1. The number of thiophene rings is 1. The van der Waals surface area contributed by atoms with Crippen molar-refractivity contribution >= 4 is 39.0 Å². The summed E-state index contributed by atoms with van der Waals surface area (Å²) in [4.78, 5) is 40.3. The lowest BCUT2D eigenvalue weighted by atomic mass is 10.1. The van der Waals surface area contributed by atoms with Crippen LogP contribution in [0.4, 0.5) is 11.5 Å². The van der Waals surface area contributed by atoms with Gasteiger partial charge in [-0.15, -0.1) is 11.3 Å². The maximum atomic E-state index is 13.0. The Hall–Kier alpha value is -3.07. The number of fused-ring (bicyclic) bond motifs is 3. The van der Waals surface area contributed by atoms with Gasteiger partial charge in [0.2, 0.25) is 0 Å². The summed E-state index contributed by atoms with van der Waals surface area (Å²) in [5, 5.41) is 12.3. The molecule has 1 aliphatic heterocycles. The molecule has 0 bridgehead atoms. The van der Waals surface area contributed by atoms with Crippen molar-refractivity contribution in [2.45, 2.75) is 51.9 Å². The molecule has 0 saturated carbocycles. The smallest absolute Gasteiger partial charge is 0.270 e. The number of hydrogen-bond acceptors (Lipinski definition) is 7. The molecule has 1 fully saturated rings. The number of carbonyl (C=O) groups is 1. The maximum Gasteiger partial charge on any atom is 0.270 e. The SMILES string of the molecule is CC(C)c1nc(N2CCN(C(=O)c3cccc([N+](=O)[O-])c3)CC2)c2c3c(sc2n1)CCCCC3. The summed E-state index contributed by atoms with van der Waals surface area (Å²) in [6.07, 6.45) is 5.91. The Morgan fingerprint density at radius 1 is 1.09 bits per heavy atom. The van der Waals surface area contributed by atoms with Crippen molar-refractivity contribution in [3.63, 3.8) is 0 Å². The first-order valence-corrected chi connectivity index (χ1v) is 12.8. The minimum Gasteiger partial charge on any atom is -0.352 e. The normalized spacial score (nSPS) is 16.6. The number of amides is 1. The zero-order valence-electron chi connectivity index (χ0n) is 19.6. The molecule has 0 atom stereocenters. The Balaban J connectivity index is 1.42. The van der Waals surface area contributed by atoms with E-state index in [4.69, 9.17) is 9.97 Å². The fourth-order valence-corrected chi connectivity index (χ4v) is 6.14. The molecule has 178 valence electrons. The van der Waals surface area contributed by atoms with Crippen LogP contribution in [0.25, 0.3) is 10.2 Å². The summed E-state index contributed by atoms with van der Waals surface area (Å²) in [5.41, 5.74) is 1.72. The van der Waals surface area contributed by atoms with E-state index in [1.54, 1.807) is 17.0 Å². The first-order valence-electron chi connectivity index (χ1n) is 12.0. The molecule has 8 nitrogen and oxygen atoms in total. The third-order valence-electron chi connectivity index (χ3n) is 6.75. The van der Waals surface area contributed by atoms with Crippen LogP contribution in [0.15, 0.2) is 24.3 Å². The number of anilines is 1. The fraction of sp³-hybridized carbons (Fsp3) is 0.480. The molecule has 2 aliphatic rings. The Bertz CT molecular complexity index is 1250. The fourth-order valence-electron chi connectivity index (χ4n) is 4.87. The predicted molar refractivity (Wildman–Crippen MR) is 134 cm³/mol. The van der Waals surface area contributed by atoms with E-state index in [2.05, 4.69) is 18.7 Å². The molecule has 0 radical (unpaired) electrons. The van der Waals surface area contributed by atoms with E-state index < -0.39 is 4.92 Å². The quantitative estimate of drug-likeness (QED) is 0.299. The number of nitrogens with zero attached hydrogens (tertiary/aromatic N) is 5. The number of aromatic nitrogens is 2. The summed E-state index contributed by atoms with van der Waals surface area (Å²) in [5.74, 6) is 1.95. The van der Waals surface area contributed by atoms with Gasteiger partial charge < -0.3 is 9.80 Å². The second-order valence-corrected chi connectivity index (χ2v) is 10.5. The first-order chi connectivity index (χ1) is 16.4. The number of piperazine rings is 1. The van der Waals surface area contributed by atoms with E-state index in [0.29, 0.717) is 31.7 Å². The van der Waals surface area contributed by atoms with Crippen LogP contribution in [0.3, 0.4) is 0 Å². The number of hydrogen-bond donors (Lipinski definition) is 0. The Morgan fingerprint density at radius 2 is 1.85 bits per heavy atom. The molecule has 3 heterocycles. The average molecular weight is 480 g/mol. The lowest BCUT2D eigenvalue weighted by Gasteiger charge is -2.36. The monoisotopic (exact) mass is 479 g/mol. The summed E-state index contributed by atoms with van der Waals surface area (Å²) < 4.78 is 0. The Kier molecular flexibility index (Phi) is 6.20. The van der Waals surface area contributed by atoms with Gasteiger partial charge in [-0.25, -0.2) is 9.97 Å². The van der Waals surface area contributed by atoms with Crippen molar-refractivity contribution in [1.82, 2.24) is 14.9 Å². The minimum absolute atomic E-state index is 0.0628. The summed E-state index contributed by atoms with van der Waals surface area (Å²) in [6.45, 7) is 6.70. The molecule has 1 aliphatic carbocycles. The largest absolute Gasteiger partial charge is 0.352 e. The van der Waals surface area contributed by atoms with Crippen LogP contribution in [0.5, 0.6) is 0 Å². The number of non-ortho nitro benzene ring substituents is 1. The third kappa shape index (κ3) is 4.24. The van der Waals surface area contributed by atoms with Gasteiger partial charge in [-0.1, -0.05) is 26.3 Å². The van der Waals surface area contributed by atoms with Crippen molar-refractivity contribution in [1.29, 1.82) is 0 Å². The van der Waals surface area contributed by atoms with Crippen LogP contribution in [0.2, 0.25) is 0 Å². The van der Waals surface area contributed by atoms with Crippen LogP contribution < -0.4 is 4.90 Å². The zero-order chi connectivity index (χ0) is 23.8. The van der Waals surface area contributed by atoms with E-state index in [9.17, 15) is 14.9 Å². The van der Waals surface area contributed by atoms with Crippen LogP contribution in [0, 0.1) is 10.1 Å². The van der Waals surface area contributed by atoms with Crippen LogP contribution in [-0.4, -0.2) is 51.9 Å². The molecule has 3 aromatic rings. The lowest BCUT2D eigenvalue weighted by molar-refractivity contribution is -0.384. The highest BCUT2D eigenvalue weighted by atomic mass is 32.1. The Labute approximate surface area is 202 Å². The van der Waals surface area contributed by atoms with Gasteiger partial charge in [0.05, 0.1) is 10.3 Å². The number of aryl methyl sites for hydroxylation is 2. The molecular formula is C25H29N5O3S. The van der Waals surface area contributed by atoms with Gasteiger partial charge in [0.15, 0.2) is 0 Å². The predicted octanol–water partition coefficient (Wildman–Crippen LogP) is 4.95. The van der Waals surface area contributed by atoms with Gasteiger partial charge in [-0.05, 0) is 37.3 Å². The van der Waals surface area contributed by atoms with Crippen molar-refractivity contribution < 1.29 is 9.72 Å². The molecule has 1 amide bonds.